The first-order valence-corrected chi connectivity index (χ1v) is 8.79. The first-order valence-electron chi connectivity index (χ1n) is 8.79. The van der Waals surface area contributed by atoms with Gasteiger partial charge >= 0.3 is 0 Å². The maximum absolute atomic E-state index is 11.9. The van der Waals surface area contributed by atoms with Crippen LogP contribution in [0.25, 0.3) is 0 Å². The van der Waals surface area contributed by atoms with Crippen molar-refractivity contribution in [3.63, 3.8) is 0 Å². The maximum atomic E-state index is 11.9. The van der Waals surface area contributed by atoms with E-state index >= 15 is 0 Å². The van der Waals surface area contributed by atoms with Gasteiger partial charge in [-0.05, 0) is 36.4 Å². The molecule has 2 heterocycles. The highest BCUT2D eigenvalue weighted by molar-refractivity contribution is 5.91. The predicted octanol–water partition coefficient (Wildman–Crippen LogP) is 2.53. The molecule has 6 heteroatoms. The second-order valence-electron chi connectivity index (χ2n) is 6.23. The lowest BCUT2D eigenvalue weighted by Gasteiger charge is -2.35. The van der Waals surface area contributed by atoms with E-state index in [0.717, 1.165) is 37.7 Å². The van der Waals surface area contributed by atoms with Crippen LogP contribution in [0.2, 0.25) is 0 Å². The summed E-state index contributed by atoms with van der Waals surface area (Å²) >= 11 is 0. The van der Waals surface area contributed by atoms with Crippen LogP contribution in [0.1, 0.15) is 16.3 Å². The summed E-state index contributed by atoms with van der Waals surface area (Å²) in [6, 6.07) is 11.8. The van der Waals surface area contributed by atoms with Crippen molar-refractivity contribution in [2.75, 3.05) is 44.7 Å². The van der Waals surface area contributed by atoms with Crippen LogP contribution in [0, 0.1) is 0 Å². The van der Waals surface area contributed by atoms with E-state index in [1.165, 1.54) is 5.69 Å². The number of benzene rings is 1. The third kappa shape index (κ3) is 4.46. The number of furan rings is 1. The van der Waals surface area contributed by atoms with Crippen molar-refractivity contribution < 1.29 is 13.9 Å². The fourth-order valence-electron chi connectivity index (χ4n) is 3.01. The lowest BCUT2D eigenvalue weighted by atomic mass is 10.2. The number of nitrogens with one attached hydrogen (secondary N) is 1. The Morgan fingerprint density at radius 2 is 1.92 bits per heavy atom. The number of carbonyl (C=O) groups is 1. The highest BCUT2D eigenvalue weighted by Gasteiger charge is 2.19. The van der Waals surface area contributed by atoms with Gasteiger partial charge in [-0.25, -0.2) is 0 Å². The number of piperazine rings is 1. The number of nitrogens with zero attached hydrogens (tertiary/aromatic N) is 2. The van der Waals surface area contributed by atoms with Gasteiger partial charge in [0.1, 0.15) is 11.5 Å². The molecule has 2 aromatic rings. The number of rotatable bonds is 7. The Morgan fingerprint density at radius 1 is 1.19 bits per heavy atom. The first-order chi connectivity index (χ1) is 12.7. The summed E-state index contributed by atoms with van der Waals surface area (Å²) in [7, 11) is 1.68. The lowest BCUT2D eigenvalue weighted by Crippen LogP contribution is -2.45. The molecule has 1 saturated heterocycles. The van der Waals surface area contributed by atoms with E-state index in [4.69, 9.17) is 9.15 Å². The fourth-order valence-corrected chi connectivity index (χ4v) is 3.01. The fraction of sp³-hybridized carbons (Fsp3) is 0.350. The Kier molecular flexibility index (Phi) is 5.96. The van der Waals surface area contributed by atoms with Crippen LogP contribution in [0.15, 0.2) is 53.5 Å². The zero-order chi connectivity index (χ0) is 18.4. The molecule has 1 aromatic heterocycles. The summed E-state index contributed by atoms with van der Waals surface area (Å²) in [6.07, 6.45) is 1.64. The molecule has 0 aliphatic carbocycles. The van der Waals surface area contributed by atoms with Crippen LogP contribution < -0.4 is 15.0 Å². The Morgan fingerprint density at radius 3 is 2.58 bits per heavy atom. The molecule has 1 aliphatic heterocycles. The number of ether oxygens (including phenoxy) is 1. The second-order valence-corrected chi connectivity index (χ2v) is 6.23. The summed E-state index contributed by atoms with van der Waals surface area (Å²) in [4.78, 5) is 16.6. The zero-order valence-electron chi connectivity index (χ0n) is 15.1. The second kappa shape index (κ2) is 8.58. The molecule has 0 unspecified atom stereocenters. The van der Waals surface area contributed by atoms with Crippen molar-refractivity contribution in [1.82, 2.24) is 10.2 Å². The van der Waals surface area contributed by atoms with Crippen molar-refractivity contribution in [1.29, 1.82) is 0 Å². The molecule has 1 amide bonds. The van der Waals surface area contributed by atoms with Gasteiger partial charge in [0.15, 0.2) is 5.76 Å². The molecule has 1 N–H and O–H groups in total. The van der Waals surface area contributed by atoms with Gasteiger partial charge in [-0.2, -0.15) is 0 Å². The number of amides is 1. The molecule has 0 spiro atoms. The van der Waals surface area contributed by atoms with Crippen LogP contribution in [0.3, 0.4) is 0 Å². The Balaban J connectivity index is 1.50. The van der Waals surface area contributed by atoms with Gasteiger partial charge in [-0.15, -0.1) is 6.58 Å². The molecule has 0 radical (unpaired) electrons. The van der Waals surface area contributed by atoms with Gasteiger partial charge in [-0.1, -0.05) is 6.08 Å². The molecular weight excluding hydrogens is 330 g/mol. The summed E-state index contributed by atoms with van der Waals surface area (Å²) in [5, 5.41) is 2.72. The molecule has 3 rings (SSSR count). The average Bonchev–Trinajstić information content (AvgIpc) is 3.15. The number of methoxy groups -OCH3 is 1. The van der Waals surface area contributed by atoms with E-state index in [0.29, 0.717) is 18.8 Å². The van der Waals surface area contributed by atoms with Crippen LogP contribution in [-0.2, 0) is 6.54 Å². The molecule has 6 nitrogen and oxygen atoms in total. The first kappa shape index (κ1) is 18.1. The molecule has 0 atom stereocenters. The molecule has 138 valence electrons. The Hall–Kier alpha value is -2.73. The van der Waals surface area contributed by atoms with E-state index in [1.807, 2.05) is 18.2 Å². The largest absolute Gasteiger partial charge is 0.497 e. The van der Waals surface area contributed by atoms with Crippen molar-refractivity contribution >= 4 is 11.6 Å². The minimum absolute atomic E-state index is 0.208. The standard InChI is InChI=1S/C20H25N3O3/c1-3-10-21-20(24)19-9-8-18(26-19)15-22-11-13-23(14-12-22)16-4-6-17(25-2)7-5-16/h3-9H,1,10-15H2,2H3,(H,21,24). The normalized spacial score (nSPS) is 14.9. The SMILES string of the molecule is C=CCNC(=O)c1ccc(CN2CCN(c3ccc(OC)cc3)CC2)o1. The smallest absolute Gasteiger partial charge is 0.287 e. The average molecular weight is 355 g/mol. The van der Waals surface area contributed by atoms with E-state index in [-0.39, 0.29) is 5.91 Å². The monoisotopic (exact) mass is 355 g/mol. The summed E-state index contributed by atoms with van der Waals surface area (Å²) in [5.74, 6) is 1.82. The van der Waals surface area contributed by atoms with Crippen LogP contribution in [0.4, 0.5) is 5.69 Å². The van der Waals surface area contributed by atoms with Crippen molar-refractivity contribution in [3.05, 3.63) is 60.6 Å². The van der Waals surface area contributed by atoms with Crippen molar-refractivity contribution in [2.24, 2.45) is 0 Å². The highest BCUT2D eigenvalue weighted by Crippen LogP contribution is 2.21. The third-order valence-corrected chi connectivity index (χ3v) is 4.48. The molecule has 1 aliphatic rings. The molecule has 0 bridgehead atoms. The molecule has 1 fully saturated rings. The van der Waals surface area contributed by atoms with Crippen LogP contribution in [0.5, 0.6) is 5.75 Å². The number of hydrogen-bond acceptors (Lipinski definition) is 5. The van der Waals surface area contributed by atoms with E-state index in [1.54, 1.807) is 19.3 Å². The van der Waals surface area contributed by atoms with E-state index in [2.05, 4.69) is 33.8 Å². The van der Waals surface area contributed by atoms with Gasteiger partial charge in [-0.3, -0.25) is 9.69 Å². The Bertz CT molecular complexity index is 731. The minimum Gasteiger partial charge on any atom is -0.497 e. The molecule has 26 heavy (non-hydrogen) atoms. The summed E-state index contributed by atoms with van der Waals surface area (Å²) in [5.41, 5.74) is 1.21. The van der Waals surface area contributed by atoms with E-state index in [9.17, 15) is 4.79 Å². The minimum atomic E-state index is -0.208. The summed E-state index contributed by atoms with van der Waals surface area (Å²) in [6.45, 7) is 8.54. The molecule has 0 saturated carbocycles. The van der Waals surface area contributed by atoms with Gasteiger partial charge < -0.3 is 19.4 Å². The van der Waals surface area contributed by atoms with Gasteiger partial charge in [0.25, 0.3) is 5.91 Å². The maximum Gasteiger partial charge on any atom is 0.287 e. The quantitative estimate of drug-likeness (QED) is 0.774. The molecular formula is C20H25N3O3. The van der Waals surface area contributed by atoms with Gasteiger partial charge in [0, 0.05) is 38.4 Å². The zero-order valence-corrected chi connectivity index (χ0v) is 15.1. The Labute approximate surface area is 154 Å². The topological polar surface area (TPSA) is 58.0 Å². The van der Waals surface area contributed by atoms with Gasteiger partial charge in [0.05, 0.1) is 13.7 Å². The van der Waals surface area contributed by atoms with Crippen LogP contribution in [-0.4, -0.2) is 50.6 Å². The third-order valence-electron chi connectivity index (χ3n) is 4.48. The number of hydrogen-bond donors (Lipinski definition) is 1. The van der Waals surface area contributed by atoms with Gasteiger partial charge in [0.2, 0.25) is 0 Å². The molecule has 1 aromatic carbocycles. The highest BCUT2D eigenvalue weighted by atomic mass is 16.5. The lowest BCUT2D eigenvalue weighted by molar-refractivity contribution is 0.0926. The predicted molar refractivity (Wildman–Crippen MR) is 102 cm³/mol. The van der Waals surface area contributed by atoms with Crippen molar-refractivity contribution in [3.8, 4) is 5.75 Å². The number of anilines is 1. The number of carbonyl (C=O) groups excluding carboxylic acids is 1. The van der Waals surface area contributed by atoms with Crippen molar-refractivity contribution in [2.45, 2.75) is 6.54 Å². The summed E-state index contributed by atoms with van der Waals surface area (Å²) < 4.78 is 10.9. The van der Waals surface area contributed by atoms with E-state index < -0.39 is 0 Å². The van der Waals surface area contributed by atoms with Crippen LogP contribution >= 0.6 is 0 Å².